The van der Waals surface area contributed by atoms with Crippen molar-refractivity contribution in [2.45, 2.75) is 216 Å². The fourth-order valence-electron chi connectivity index (χ4n) is 10.6. The molecule has 1 aliphatic heterocycles. The number of amides is 11. The molecule has 1 rings (SSSR count). The Bertz CT molecular complexity index is 2310. The van der Waals surface area contributed by atoms with E-state index in [9.17, 15) is 48.3 Å². The highest BCUT2D eigenvalue weighted by Crippen LogP contribution is 2.25. The Morgan fingerprint density at radius 2 is 0.929 bits per heavy atom. The minimum absolute atomic E-state index is 0.0216. The zero-order valence-electron chi connectivity index (χ0n) is 55.4. The van der Waals surface area contributed by atoms with E-state index in [-0.39, 0.29) is 43.4 Å². The van der Waals surface area contributed by atoms with E-state index in [2.05, 4.69) is 21.3 Å². The summed E-state index contributed by atoms with van der Waals surface area (Å²) >= 11 is 0. The average Bonchev–Trinajstić information content (AvgIpc) is 3.32. The highest BCUT2D eigenvalue weighted by molar-refractivity contribution is 5.99. The van der Waals surface area contributed by atoms with E-state index in [0.29, 0.717) is 6.42 Å². The number of likely N-dealkylation sites (N-methyl/N-ethyl adjacent to an activating group) is 7. The molecular formula is C61H109N11O12. The van der Waals surface area contributed by atoms with Crippen molar-refractivity contribution in [3.8, 4) is 0 Å². The standard InChI is InChI=1S/C61H109N11O12/c1-25-27-28-39(15)51(74)50-55(78)63-42(26-2)57(80)66(18)32-46(73)70(22)48(37(11)12)54(77)65-47(36(9)10)60(83)67(19)41(17)52(75)64-43(29-33(3)4)53(76)62-40(16)56(79)68(20)44(30-34(5)6)58(81)69(21)45(31-35(7)8)59(82)71(23)49(38(13)14)61(84)72(50)24/h25,27,33-45,47-51,74H,26,28-32H2,1-24H3,(H,62,76)(H,63,78)(H,64,75)(H,65,77)/b27-25+/t39-,40-,41+,42+,43+,44+,45+,47+,48+,49+,50+,51-/m1/s1. The lowest BCUT2D eigenvalue weighted by Crippen LogP contribution is -2.63. The SMILES string of the molecule is C/C=C/C[C@@H](C)[C@@H](O)[C@H]1C(=O)N[C@@H](CC)C(=O)N(C)CC(=O)N(C)[C@@H](C(C)C)C(=O)N[C@@H](C(C)C)C(=O)N(C)[C@@H](C)C(=O)N[C@@H](CC(C)C)C(=O)N[C@H](C)C(=O)N(C)[C@@H](CC(C)C)C(=O)N(C)[C@@H](CC(C)C)C(=O)N(C)[C@@H](C(C)C)C(=O)N1C. The van der Waals surface area contributed by atoms with Crippen molar-refractivity contribution < 1.29 is 57.8 Å². The first-order valence-corrected chi connectivity index (χ1v) is 30.1. The van der Waals surface area contributed by atoms with E-state index in [4.69, 9.17) is 0 Å². The molecule has 480 valence electrons. The van der Waals surface area contributed by atoms with Crippen LogP contribution in [0.25, 0.3) is 0 Å². The van der Waals surface area contributed by atoms with Gasteiger partial charge in [-0.05, 0) is 94.3 Å². The van der Waals surface area contributed by atoms with Crippen LogP contribution in [-0.4, -0.2) is 227 Å². The molecule has 0 aromatic heterocycles. The molecule has 23 heteroatoms. The molecule has 0 aliphatic carbocycles. The first-order valence-electron chi connectivity index (χ1n) is 30.1. The maximum atomic E-state index is 15.1. The molecule has 0 unspecified atom stereocenters. The van der Waals surface area contributed by atoms with Crippen LogP contribution in [0.15, 0.2) is 12.2 Å². The highest BCUT2D eigenvalue weighted by atomic mass is 16.3. The van der Waals surface area contributed by atoms with Gasteiger partial charge in [0.1, 0.15) is 60.4 Å². The van der Waals surface area contributed by atoms with Gasteiger partial charge in [-0.25, -0.2) is 0 Å². The van der Waals surface area contributed by atoms with Crippen LogP contribution in [0.2, 0.25) is 0 Å². The molecule has 23 nitrogen and oxygen atoms in total. The summed E-state index contributed by atoms with van der Waals surface area (Å²) in [7, 11) is 9.85. The molecule has 11 amide bonds. The van der Waals surface area contributed by atoms with E-state index in [1.165, 1.54) is 82.8 Å². The Labute approximate surface area is 502 Å². The molecule has 0 aromatic carbocycles. The Morgan fingerprint density at radius 3 is 1.38 bits per heavy atom. The quantitative estimate of drug-likeness (QED) is 0.157. The van der Waals surface area contributed by atoms with Crippen LogP contribution in [0.1, 0.15) is 150 Å². The average molecular weight is 1190 g/mol. The van der Waals surface area contributed by atoms with Crippen molar-refractivity contribution in [3.05, 3.63) is 12.2 Å². The fraction of sp³-hybridized carbons (Fsp3) is 0.787. The van der Waals surface area contributed by atoms with Gasteiger partial charge in [0.25, 0.3) is 0 Å². The van der Waals surface area contributed by atoms with Gasteiger partial charge in [0.2, 0.25) is 65.0 Å². The lowest BCUT2D eigenvalue weighted by atomic mass is 9.91. The minimum Gasteiger partial charge on any atom is -0.390 e. The third-order valence-corrected chi connectivity index (χ3v) is 16.0. The zero-order valence-corrected chi connectivity index (χ0v) is 55.4. The molecule has 1 aliphatic rings. The van der Waals surface area contributed by atoms with Crippen molar-refractivity contribution in [2.75, 3.05) is 55.9 Å². The predicted octanol–water partition coefficient (Wildman–Crippen LogP) is 2.88. The minimum atomic E-state index is -1.61. The molecule has 1 saturated heterocycles. The van der Waals surface area contributed by atoms with Gasteiger partial charge in [0.05, 0.1) is 12.6 Å². The molecule has 5 N–H and O–H groups in total. The van der Waals surface area contributed by atoms with Gasteiger partial charge < -0.3 is 60.7 Å². The van der Waals surface area contributed by atoms with Gasteiger partial charge in [-0.2, -0.15) is 0 Å². The monoisotopic (exact) mass is 1190 g/mol. The maximum absolute atomic E-state index is 15.1. The normalized spacial score (nSPS) is 27.1. The van der Waals surface area contributed by atoms with Gasteiger partial charge in [0, 0.05) is 49.3 Å². The number of rotatable bonds is 14. The Kier molecular flexibility index (Phi) is 30.8. The Hall–Kier alpha value is -6.13. The molecule has 0 saturated carbocycles. The summed E-state index contributed by atoms with van der Waals surface area (Å²) in [6.45, 7) is 29.0. The van der Waals surface area contributed by atoms with Crippen molar-refractivity contribution in [2.24, 2.45) is 41.4 Å². The molecule has 0 bridgehead atoms. The van der Waals surface area contributed by atoms with Crippen LogP contribution in [0.4, 0.5) is 0 Å². The number of allylic oxidation sites excluding steroid dienone is 2. The van der Waals surface area contributed by atoms with Gasteiger partial charge in [-0.1, -0.05) is 109 Å². The molecule has 1 fully saturated rings. The van der Waals surface area contributed by atoms with Crippen LogP contribution >= 0.6 is 0 Å². The first-order chi connectivity index (χ1) is 38.7. The van der Waals surface area contributed by atoms with Gasteiger partial charge in [-0.3, -0.25) is 52.7 Å². The lowest BCUT2D eigenvalue weighted by molar-refractivity contribution is -0.157. The zero-order chi connectivity index (χ0) is 65.3. The number of carbonyl (C=O) groups excluding carboxylic acids is 11. The van der Waals surface area contributed by atoms with Crippen molar-refractivity contribution in [3.63, 3.8) is 0 Å². The van der Waals surface area contributed by atoms with Crippen molar-refractivity contribution in [1.29, 1.82) is 0 Å². The molecule has 84 heavy (non-hydrogen) atoms. The summed E-state index contributed by atoms with van der Waals surface area (Å²) in [6, 6.07) is -12.4. The molecule has 0 aromatic rings. The third-order valence-electron chi connectivity index (χ3n) is 16.0. The molecule has 1 heterocycles. The lowest BCUT2D eigenvalue weighted by Gasteiger charge is -2.41. The Morgan fingerprint density at radius 1 is 0.476 bits per heavy atom. The summed E-state index contributed by atoms with van der Waals surface area (Å²) in [5, 5.41) is 23.1. The summed E-state index contributed by atoms with van der Waals surface area (Å²) < 4.78 is 0. The number of carbonyl (C=O) groups is 11. The van der Waals surface area contributed by atoms with Crippen LogP contribution < -0.4 is 21.3 Å². The molecule has 12 atom stereocenters. The van der Waals surface area contributed by atoms with Crippen molar-refractivity contribution >= 4 is 65.0 Å². The van der Waals surface area contributed by atoms with Gasteiger partial charge >= 0.3 is 0 Å². The molecule has 0 radical (unpaired) electrons. The van der Waals surface area contributed by atoms with Crippen molar-refractivity contribution in [1.82, 2.24) is 55.6 Å². The molecule has 0 spiro atoms. The number of aliphatic hydroxyl groups excluding tert-OH is 1. The van der Waals surface area contributed by atoms with Crippen LogP contribution in [-0.2, 0) is 52.7 Å². The van der Waals surface area contributed by atoms with Crippen LogP contribution in [0, 0.1) is 41.4 Å². The van der Waals surface area contributed by atoms with Gasteiger partial charge in [-0.15, -0.1) is 0 Å². The summed E-state index contributed by atoms with van der Waals surface area (Å²) in [4.78, 5) is 168. The summed E-state index contributed by atoms with van der Waals surface area (Å²) in [5.41, 5.74) is 0. The van der Waals surface area contributed by atoms with Crippen LogP contribution in [0.3, 0.4) is 0 Å². The third kappa shape index (κ3) is 20.5. The smallest absolute Gasteiger partial charge is 0.246 e. The van der Waals surface area contributed by atoms with Crippen LogP contribution in [0.5, 0.6) is 0 Å². The van der Waals surface area contributed by atoms with E-state index in [0.717, 1.165) is 14.7 Å². The maximum Gasteiger partial charge on any atom is 0.246 e. The van der Waals surface area contributed by atoms with E-state index < -0.39 is 162 Å². The largest absolute Gasteiger partial charge is 0.390 e. The summed E-state index contributed by atoms with van der Waals surface area (Å²) in [5.74, 6) is -10.1. The number of nitrogens with zero attached hydrogens (tertiary/aromatic N) is 7. The number of nitrogens with one attached hydrogen (secondary N) is 4. The number of aliphatic hydroxyl groups is 1. The van der Waals surface area contributed by atoms with E-state index in [1.807, 2.05) is 41.5 Å². The predicted molar refractivity (Wildman–Crippen MR) is 324 cm³/mol. The Balaban J connectivity index is 4.31. The highest BCUT2D eigenvalue weighted by Gasteiger charge is 2.45. The van der Waals surface area contributed by atoms with E-state index >= 15 is 9.59 Å². The second-order valence-corrected chi connectivity index (χ2v) is 25.6. The number of hydrogen-bond acceptors (Lipinski definition) is 12. The number of hydrogen-bond donors (Lipinski definition) is 5. The summed E-state index contributed by atoms with van der Waals surface area (Å²) in [6.07, 6.45) is 2.86. The molecular weight excluding hydrogens is 1080 g/mol. The fourth-order valence-corrected chi connectivity index (χ4v) is 10.6. The second-order valence-electron chi connectivity index (χ2n) is 25.6. The topological polar surface area (TPSA) is 279 Å². The van der Waals surface area contributed by atoms with Gasteiger partial charge in [0.15, 0.2) is 0 Å². The second kappa shape index (κ2) is 34.1. The van der Waals surface area contributed by atoms with E-state index in [1.54, 1.807) is 74.5 Å². The first kappa shape index (κ1) is 75.9.